The molecule has 0 saturated carbocycles. The van der Waals surface area contributed by atoms with Crippen molar-refractivity contribution in [2.45, 2.75) is 26.3 Å². The molecule has 2 rings (SSSR count). The summed E-state index contributed by atoms with van der Waals surface area (Å²) in [4.78, 5) is 16.1. The molecule has 0 spiro atoms. The molecule has 0 aliphatic carbocycles. The minimum Gasteiger partial charge on any atom is -0.362 e. The van der Waals surface area contributed by atoms with Gasteiger partial charge >= 0.3 is 0 Å². The van der Waals surface area contributed by atoms with Crippen LogP contribution in [0.1, 0.15) is 31.9 Å². The normalized spacial score (nSPS) is 18.1. The lowest BCUT2D eigenvalue weighted by Gasteiger charge is -2.27. The number of likely N-dealkylation sites (N-methyl/N-ethyl adjacent to an activating group) is 1. The largest absolute Gasteiger partial charge is 0.362 e. The Morgan fingerprint density at radius 2 is 2.05 bits per heavy atom. The molecule has 0 radical (unpaired) electrons. The quantitative estimate of drug-likeness (QED) is 0.913. The van der Waals surface area contributed by atoms with Crippen LogP contribution < -0.4 is 10.2 Å². The van der Waals surface area contributed by atoms with Gasteiger partial charge in [-0.15, -0.1) is 0 Å². The second-order valence-corrected chi connectivity index (χ2v) is 5.43. The Morgan fingerprint density at radius 1 is 1.30 bits per heavy atom. The van der Waals surface area contributed by atoms with Crippen LogP contribution in [-0.2, 0) is 4.79 Å². The van der Waals surface area contributed by atoms with E-state index in [1.807, 2.05) is 11.9 Å². The molecule has 1 aromatic rings. The minimum absolute atomic E-state index is 0.202. The molecule has 1 atom stereocenters. The van der Waals surface area contributed by atoms with Crippen LogP contribution in [0.5, 0.6) is 0 Å². The summed E-state index contributed by atoms with van der Waals surface area (Å²) in [5.41, 5.74) is 2.45. The van der Waals surface area contributed by atoms with E-state index in [0.29, 0.717) is 12.6 Å². The van der Waals surface area contributed by atoms with Crippen LogP contribution in [0.25, 0.3) is 0 Å². The topological polar surface area (TPSA) is 35.6 Å². The lowest BCUT2D eigenvalue weighted by Crippen LogP contribution is -2.35. The molecule has 1 aromatic carbocycles. The number of amides is 1. The molecule has 4 nitrogen and oxygen atoms in total. The number of anilines is 1. The predicted molar refractivity (Wildman–Crippen MR) is 83.0 cm³/mol. The van der Waals surface area contributed by atoms with Gasteiger partial charge in [0.05, 0.1) is 6.54 Å². The van der Waals surface area contributed by atoms with Crippen LogP contribution in [0.4, 0.5) is 5.69 Å². The van der Waals surface area contributed by atoms with E-state index in [4.69, 9.17) is 0 Å². The van der Waals surface area contributed by atoms with Gasteiger partial charge < -0.3 is 15.1 Å². The third-order valence-corrected chi connectivity index (χ3v) is 3.93. The maximum atomic E-state index is 12.1. The van der Waals surface area contributed by atoms with Gasteiger partial charge in [0.15, 0.2) is 0 Å². The fourth-order valence-corrected chi connectivity index (χ4v) is 2.75. The molecule has 4 heteroatoms. The average molecular weight is 275 g/mol. The Bertz CT molecular complexity index is 461. The Balaban J connectivity index is 2.25. The van der Waals surface area contributed by atoms with Crippen molar-refractivity contribution in [1.82, 2.24) is 10.2 Å². The number of para-hydroxylation sites is 1. The SMILES string of the molecule is CCNC(C)c1ccccc1N1CCCN(C)C(=O)C1. The zero-order valence-electron chi connectivity index (χ0n) is 12.7. The second-order valence-electron chi connectivity index (χ2n) is 5.43. The van der Waals surface area contributed by atoms with E-state index in [1.165, 1.54) is 11.3 Å². The van der Waals surface area contributed by atoms with Gasteiger partial charge in [0.1, 0.15) is 0 Å². The Hall–Kier alpha value is -1.55. The molecule has 1 amide bonds. The second kappa shape index (κ2) is 6.75. The monoisotopic (exact) mass is 275 g/mol. The predicted octanol–water partition coefficient (Wildman–Crippen LogP) is 2.03. The number of benzene rings is 1. The molecular weight excluding hydrogens is 250 g/mol. The number of nitrogens with zero attached hydrogens (tertiary/aromatic N) is 2. The van der Waals surface area contributed by atoms with Crippen molar-refractivity contribution in [2.75, 3.05) is 38.1 Å². The summed E-state index contributed by atoms with van der Waals surface area (Å²) in [6.07, 6.45) is 1.02. The van der Waals surface area contributed by atoms with Gasteiger partial charge in [0.25, 0.3) is 0 Å². The van der Waals surface area contributed by atoms with E-state index in [0.717, 1.165) is 26.1 Å². The van der Waals surface area contributed by atoms with Crippen molar-refractivity contribution >= 4 is 11.6 Å². The highest BCUT2D eigenvalue weighted by molar-refractivity contribution is 5.82. The van der Waals surface area contributed by atoms with Crippen molar-refractivity contribution in [1.29, 1.82) is 0 Å². The smallest absolute Gasteiger partial charge is 0.241 e. The van der Waals surface area contributed by atoms with Crippen LogP contribution in [0.2, 0.25) is 0 Å². The highest BCUT2D eigenvalue weighted by atomic mass is 16.2. The number of nitrogens with one attached hydrogen (secondary N) is 1. The average Bonchev–Trinajstić information content (AvgIpc) is 2.61. The van der Waals surface area contributed by atoms with Crippen molar-refractivity contribution in [2.24, 2.45) is 0 Å². The molecule has 1 unspecified atom stereocenters. The van der Waals surface area contributed by atoms with E-state index in [1.54, 1.807) is 0 Å². The van der Waals surface area contributed by atoms with E-state index >= 15 is 0 Å². The number of carbonyl (C=O) groups excluding carboxylic acids is 1. The lowest BCUT2D eigenvalue weighted by molar-refractivity contribution is -0.127. The summed E-state index contributed by atoms with van der Waals surface area (Å²) in [5.74, 6) is 0.202. The first-order valence-electron chi connectivity index (χ1n) is 7.44. The number of hydrogen-bond donors (Lipinski definition) is 1. The van der Waals surface area contributed by atoms with Crippen molar-refractivity contribution < 1.29 is 4.79 Å². The van der Waals surface area contributed by atoms with Crippen LogP contribution in [0.15, 0.2) is 24.3 Å². The standard InChI is InChI=1S/C16H25N3O/c1-4-17-13(2)14-8-5-6-9-15(14)19-11-7-10-18(3)16(20)12-19/h5-6,8-9,13,17H,4,7,10-12H2,1-3H3. The molecular formula is C16H25N3O. The minimum atomic E-state index is 0.202. The molecule has 0 bridgehead atoms. The number of rotatable bonds is 4. The van der Waals surface area contributed by atoms with Gasteiger partial charge in [-0.05, 0) is 31.5 Å². The van der Waals surface area contributed by atoms with Gasteiger partial charge in [0, 0.05) is 31.9 Å². The first-order valence-corrected chi connectivity index (χ1v) is 7.44. The lowest BCUT2D eigenvalue weighted by atomic mass is 10.0. The first-order chi connectivity index (χ1) is 9.63. The van der Waals surface area contributed by atoms with E-state index < -0.39 is 0 Å². The highest BCUT2D eigenvalue weighted by Gasteiger charge is 2.21. The molecule has 0 aromatic heterocycles. The molecule has 1 aliphatic rings. The zero-order chi connectivity index (χ0) is 14.5. The molecule has 1 saturated heterocycles. The Morgan fingerprint density at radius 3 is 2.80 bits per heavy atom. The van der Waals surface area contributed by atoms with Crippen LogP contribution >= 0.6 is 0 Å². The summed E-state index contributed by atoms with van der Waals surface area (Å²) in [6.45, 7) is 7.49. The van der Waals surface area contributed by atoms with Crippen LogP contribution in [-0.4, -0.2) is 44.0 Å². The Kier molecular flexibility index (Phi) is 5.01. The summed E-state index contributed by atoms with van der Waals surface area (Å²) in [6, 6.07) is 8.70. The summed E-state index contributed by atoms with van der Waals surface area (Å²) >= 11 is 0. The maximum absolute atomic E-state index is 12.1. The van der Waals surface area contributed by atoms with Crippen LogP contribution in [0.3, 0.4) is 0 Å². The molecule has 1 heterocycles. The fraction of sp³-hybridized carbons (Fsp3) is 0.562. The zero-order valence-corrected chi connectivity index (χ0v) is 12.7. The summed E-state index contributed by atoms with van der Waals surface area (Å²) in [5, 5.41) is 3.45. The van der Waals surface area contributed by atoms with Crippen molar-refractivity contribution in [3.8, 4) is 0 Å². The molecule has 20 heavy (non-hydrogen) atoms. The van der Waals surface area contributed by atoms with Gasteiger partial charge in [-0.2, -0.15) is 0 Å². The highest BCUT2D eigenvalue weighted by Crippen LogP contribution is 2.27. The van der Waals surface area contributed by atoms with E-state index in [2.05, 4.69) is 48.3 Å². The maximum Gasteiger partial charge on any atom is 0.241 e. The third-order valence-electron chi connectivity index (χ3n) is 3.93. The van der Waals surface area contributed by atoms with Gasteiger partial charge in [-0.1, -0.05) is 25.1 Å². The van der Waals surface area contributed by atoms with Gasteiger partial charge in [-0.25, -0.2) is 0 Å². The van der Waals surface area contributed by atoms with Gasteiger partial charge in [0.2, 0.25) is 5.91 Å². The van der Waals surface area contributed by atoms with E-state index in [-0.39, 0.29) is 5.91 Å². The molecule has 1 fully saturated rings. The first kappa shape index (κ1) is 14.9. The molecule has 1 aliphatic heterocycles. The molecule has 110 valence electrons. The number of hydrogen-bond acceptors (Lipinski definition) is 3. The van der Waals surface area contributed by atoms with Crippen molar-refractivity contribution in [3.05, 3.63) is 29.8 Å². The molecule has 1 N–H and O–H groups in total. The summed E-state index contributed by atoms with van der Waals surface area (Å²) < 4.78 is 0. The van der Waals surface area contributed by atoms with Crippen molar-refractivity contribution in [3.63, 3.8) is 0 Å². The Labute approximate surface area is 121 Å². The fourth-order valence-electron chi connectivity index (χ4n) is 2.75. The third kappa shape index (κ3) is 3.31. The van der Waals surface area contributed by atoms with E-state index in [9.17, 15) is 4.79 Å². The van der Waals surface area contributed by atoms with Crippen LogP contribution in [0, 0.1) is 0 Å². The summed E-state index contributed by atoms with van der Waals surface area (Å²) in [7, 11) is 1.89. The number of carbonyl (C=O) groups is 1. The van der Waals surface area contributed by atoms with Gasteiger partial charge in [-0.3, -0.25) is 4.79 Å².